The van der Waals surface area contributed by atoms with E-state index in [0.717, 1.165) is 0 Å². The number of hydrogen-bond acceptors (Lipinski definition) is 8. The summed E-state index contributed by atoms with van der Waals surface area (Å²) < 4.78 is 18.0. The Morgan fingerprint density at radius 1 is 1.15 bits per heavy atom. The Labute approximate surface area is 246 Å². The van der Waals surface area contributed by atoms with Gasteiger partial charge in [-0.1, -0.05) is 28.1 Å². The molecular formula is C29H34BrN3O8. The second kappa shape index (κ2) is 11.9. The average molecular weight is 633 g/mol. The van der Waals surface area contributed by atoms with Gasteiger partial charge >= 0.3 is 5.97 Å². The number of rotatable bonds is 5. The Kier molecular flexibility index (Phi) is 8.53. The van der Waals surface area contributed by atoms with Gasteiger partial charge in [0, 0.05) is 36.3 Å². The molecule has 5 rings (SSSR count). The van der Waals surface area contributed by atoms with Crippen molar-refractivity contribution in [1.82, 2.24) is 10.2 Å². The predicted molar refractivity (Wildman–Crippen MR) is 151 cm³/mol. The summed E-state index contributed by atoms with van der Waals surface area (Å²) in [5, 5.41) is 12.4. The molecule has 1 aromatic carbocycles. The van der Waals surface area contributed by atoms with E-state index in [-0.39, 0.29) is 45.0 Å². The molecule has 11 nitrogen and oxygen atoms in total. The molecule has 4 heterocycles. The second-order valence-corrected chi connectivity index (χ2v) is 11.6. The highest BCUT2D eigenvalue weighted by Crippen LogP contribution is 2.59. The van der Waals surface area contributed by atoms with Crippen LogP contribution in [-0.4, -0.2) is 90.9 Å². The topological polar surface area (TPSA) is 135 Å². The van der Waals surface area contributed by atoms with Gasteiger partial charge in [0.15, 0.2) is 0 Å². The van der Waals surface area contributed by atoms with Crippen LogP contribution in [0.2, 0.25) is 0 Å². The number of methoxy groups -OCH3 is 1. The minimum atomic E-state index is -1.41. The number of aliphatic hydroxyl groups excluding tert-OH is 1. The number of likely N-dealkylation sites (tertiary alicyclic amines) is 1. The normalized spacial score (nSPS) is 32.9. The Morgan fingerprint density at radius 3 is 2.61 bits per heavy atom. The first kappa shape index (κ1) is 29.3. The van der Waals surface area contributed by atoms with E-state index in [1.54, 1.807) is 49.3 Å². The molecule has 0 aromatic heterocycles. The second-order valence-electron chi connectivity index (χ2n) is 10.6. The predicted octanol–water partition coefficient (Wildman–Crippen LogP) is 1.68. The van der Waals surface area contributed by atoms with E-state index in [4.69, 9.17) is 14.2 Å². The van der Waals surface area contributed by atoms with Gasteiger partial charge in [-0.3, -0.25) is 19.2 Å². The third-order valence-corrected chi connectivity index (χ3v) is 8.72. The number of ether oxygens (including phenoxy) is 3. The van der Waals surface area contributed by atoms with Crippen molar-refractivity contribution in [2.75, 3.05) is 38.3 Å². The number of carbonyl (C=O) groups excluding carboxylic acids is 4. The van der Waals surface area contributed by atoms with Gasteiger partial charge in [-0.05, 0) is 50.1 Å². The van der Waals surface area contributed by atoms with Crippen LogP contribution in [0.25, 0.3) is 0 Å². The van der Waals surface area contributed by atoms with Gasteiger partial charge in [0.05, 0.1) is 19.6 Å². The number of carbonyl (C=O) groups is 4. The fraction of sp³-hybridized carbons (Fsp3) is 0.517. The lowest BCUT2D eigenvalue weighted by atomic mass is 9.74. The molecule has 41 heavy (non-hydrogen) atoms. The van der Waals surface area contributed by atoms with Crippen molar-refractivity contribution in [2.45, 2.75) is 50.0 Å². The molecule has 0 radical (unpaired) electrons. The SMILES string of the molecule is COc1ccc(N2C/C=C\CCC(=O)NC[C@H](C)OC(=O)[C@H]3[C@@H]4O[C@@]5(C=C4Br)[C@@H]3C(=O)N(CCCO)[C@@H]5C2=O)cc1. The van der Waals surface area contributed by atoms with Crippen LogP contribution in [0.4, 0.5) is 5.69 Å². The number of benzene rings is 1. The van der Waals surface area contributed by atoms with Crippen LogP contribution >= 0.6 is 15.9 Å². The highest BCUT2D eigenvalue weighted by molar-refractivity contribution is 9.11. The molecule has 0 unspecified atom stereocenters. The average Bonchev–Trinajstić information content (AvgIpc) is 3.55. The maximum atomic E-state index is 14.6. The first-order valence-corrected chi connectivity index (χ1v) is 14.6. The summed E-state index contributed by atoms with van der Waals surface area (Å²) in [6, 6.07) is 5.90. The molecular weight excluding hydrogens is 598 g/mol. The van der Waals surface area contributed by atoms with Gasteiger partial charge < -0.3 is 34.4 Å². The number of nitrogens with one attached hydrogen (secondary N) is 1. The van der Waals surface area contributed by atoms with Crippen LogP contribution in [0, 0.1) is 11.8 Å². The molecule has 220 valence electrons. The zero-order chi connectivity index (χ0) is 29.3. The van der Waals surface area contributed by atoms with Crippen molar-refractivity contribution >= 4 is 45.3 Å². The molecule has 2 saturated heterocycles. The quantitative estimate of drug-likeness (QED) is 0.370. The maximum absolute atomic E-state index is 14.6. The molecule has 4 aliphatic heterocycles. The highest BCUT2D eigenvalue weighted by atomic mass is 79.9. The number of amides is 3. The fourth-order valence-corrected chi connectivity index (χ4v) is 6.89. The van der Waals surface area contributed by atoms with Crippen LogP contribution < -0.4 is 15.0 Å². The molecule has 0 aliphatic carbocycles. The van der Waals surface area contributed by atoms with E-state index in [0.29, 0.717) is 22.3 Å². The Morgan fingerprint density at radius 2 is 1.90 bits per heavy atom. The largest absolute Gasteiger partial charge is 0.497 e. The molecule has 12 heteroatoms. The Bertz CT molecular complexity index is 1270. The number of halogens is 1. The zero-order valence-electron chi connectivity index (χ0n) is 23.0. The van der Waals surface area contributed by atoms with E-state index in [1.165, 1.54) is 4.90 Å². The molecule has 1 spiro atoms. The summed E-state index contributed by atoms with van der Waals surface area (Å²) in [5.41, 5.74) is -0.831. The maximum Gasteiger partial charge on any atom is 0.313 e. The number of nitrogens with zero attached hydrogens (tertiary/aromatic N) is 2. The third kappa shape index (κ3) is 5.28. The fourth-order valence-electron chi connectivity index (χ4n) is 6.16. The standard InChI is InChI=1S/C29H34BrN3O8/c1-17-16-31-21(35)7-4-3-5-12-32(18-8-10-19(39-2)11-9-18)27(37)25-29-15-20(30)24(41-29)22(28(38)40-17)23(29)26(36)33(25)13-6-14-34/h3,5,8-11,15,17,22-25,34H,4,6-7,12-14,16H2,1-2H3,(H,31,35)/b5-3-/t17-,22+,23-,24+,25+,29-/m0/s1. The van der Waals surface area contributed by atoms with Crippen LogP contribution in [0.3, 0.4) is 0 Å². The number of cyclic esters (lactones) is 1. The number of aliphatic hydroxyl groups is 1. The Hall–Kier alpha value is -3.22. The monoisotopic (exact) mass is 631 g/mol. The van der Waals surface area contributed by atoms with Crippen molar-refractivity contribution in [2.24, 2.45) is 11.8 Å². The molecule has 0 saturated carbocycles. The highest BCUT2D eigenvalue weighted by Gasteiger charge is 2.74. The van der Waals surface area contributed by atoms with Crippen molar-refractivity contribution in [3.63, 3.8) is 0 Å². The first-order chi connectivity index (χ1) is 19.7. The molecule has 2 N–H and O–H groups in total. The van der Waals surface area contributed by atoms with E-state index >= 15 is 0 Å². The van der Waals surface area contributed by atoms with Gasteiger partial charge in [0.1, 0.15) is 35.5 Å². The van der Waals surface area contributed by atoms with Crippen molar-refractivity contribution < 1.29 is 38.5 Å². The van der Waals surface area contributed by atoms with E-state index < -0.39 is 53.5 Å². The minimum absolute atomic E-state index is 0.111. The summed E-state index contributed by atoms with van der Waals surface area (Å²) >= 11 is 3.52. The summed E-state index contributed by atoms with van der Waals surface area (Å²) in [4.78, 5) is 57.5. The van der Waals surface area contributed by atoms with Gasteiger partial charge in [-0.2, -0.15) is 0 Å². The molecule has 6 atom stereocenters. The van der Waals surface area contributed by atoms with Gasteiger partial charge in [-0.15, -0.1) is 0 Å². The van der Waals surface area contributed by atoms with Gasteiger partial charge in [-0.25, -0.2) is 0 Å². The van der Waals surface area contributed by atoms with Crippen molar-refractivity contribution in [1.29, 1.82) is 0 Å². The number of fused-ring (bicyclic) bond motifs is 2. The van der Waals surface area contributed by atoms with Gasteiger partial charge in [0.25, 0.3) is 5.91 Å². The zero-order valence-corrected chi connectivity index (χ0v) is 24.5. The molecule has 3 amide bonds. The van der Waals surface area contributed by atoms with Crippen LogP contribution in [-0.2, 0) is 28.7 Å². The lowest BCUT2D eigenvalue weighted by Gasteiger charge is -2.35. The first-order valence-electron chi connectivity index (χ1n) is 13.8. The van der Waals surface area contributed by atoms with Crippen LogP contribution in [0.5, 0.6) is 5.75 Å². The van der Waals surface area contributed by atoms with Crippen LogP contribution in [0.1, 0.15) is 26.2 Å². The Balaban J connectivity index is 1.60. The summed E-state index contributed by atoms with van der Waals surface area (Å²) in [6.45, 7) is 1.90. The van der Waals surface area contributed by atoms with Gasteiger partial charge in [0.2, 0.25) is 11.8 Å². The van der Waals surface area contributed by atoms with Crippen molar-refractivity contribution in [3.05, 3.63) is 47.0 Å². The third-order valence-electron chi connectivity index (χ3n) is 8.04. The number of hydrogen-bond donors (Lipinski definition) is 2. The number of esters is 1. The minimum Gasteiger partial charge on any atom is -0.497 e. The molecule has 2 fully saturated rings. The number of anilines is 1. The van der Waals surface area contributed by atoms with E-state index in [9.17, 15) is 24.3 Å². The molecule has 4 aliphatic rings. The van der Waals surface area contributed by atoms with E-state index in [2.05, 4.69) is 21.2 Å². The smallest absolute Gasteiger partial charge is 0.313 e. The lowest BCUT2D eigenvalue weighted by Crippen LogP contribution is -2.56. The molecule has 5 bridgehead atoms. The summed E-state index contributed by atoms with van der Waals surface area (Å²) in [7, 11) is 1.55. The number of allylic oxidation sites excluding steroid dienone is 1. The van der Waals surface area contributed by atoms with Crippen molar-refractivity contribution in [3.8, 4) is 5.75 Å². The summed E-state index contributed by atoms with van der Waals surface area (Å²) in [5.74, 6) is -2.96. The lowest BCUT2D eigenvalue weighted by molar-refractivity contribution is -0.158. The van der Waals surface area contributed by atoms with E-state index in [1.807, 2.05) is 12.2 Å². The van der Waals surface area contributed by atoms with Crippen LogP contribution in [0.15, 0.2) is 47.0 Å². The summed E-state index contributed by atoms with van der Waals surface area (Å²) in [6.07, 6.45) is 4.90. The molecule has 1 aromatic rings.